The predicted molar refractivity (Wildman–Crippen MR) is 19.8 cm³/mol. The summed E-state index contributed by atoms with van der Waals surface area (Å²) < 4.78 is 34.1. The summed E-state index contributed by atoms with van der Waals surface area (Å²) in [6.45, 7) is 0. The van der Waals surface area contributed by atoms with Gasteiger partial charge in [-0.15, -0.1) is 0 Å². The summed E-state index contributed by atoms with van der Waals surface area (Å²) in [5, 5.41) is 0. The van der Waals surface area contributed by atoms with Gasteiger partial charge in [-0.1, -0.05) is 0 Å². The van der Waals surface area contributed by atoms with Gasteiger partial charge in [-0.25, -0.2) is 0 Å². The van der Waals surface area contributed by atoms with E-state index in [9.17, 15) is 0 Å². The Morgan fingerprint density at radius 2 is 1.14 bits per heavy atom. The fourth-order valence-electron chi connectivity index (χ4n) is 0. The van der Waals surface area contributed by atoms with Crippen LogP contribution in [0, 0.1) is 0 Å². The number of hydrogen-bond donors (Lipinski definition) is 0. The molecule has 0 aliphatic rings. The van der Waals surface area contributed by atoms with Gasteiger partial charge in [0.15, 0.2) is 0 Å². The molecule has 0 aromatic rings. The van der Waals surface area contributed by atoms with Crippen molar-refractivity contribution in [2.45, 2.75) is 0 Å². The first-order chi connectivity index (χ1) is 2.00. The average molecular weight is 202 g/mol. The third-order valence-corrected chi connectivity index (χ3v) is 0. The molecular weight excluding hydrogens is 200 g/mol. The minimum absolute atomic E-state index is 0. The van der Waals surface area contributed by atoms with Crippen LogP contribution in [0.25, 0.3) is 0 Å². The van der Waals surface area contributed by atoms with Gasteiger partial charge in [0.2, 0.25) is 0 Å². The molecular formula is H2O5SSr. The van der Waals surface area contributed by atoms with E-state index < -0.39 is 10.4 Å². The first-order valence-corrected chi connectivity index (χ1v) is 2.00. The average Bonchev–Trinajstić information content (AvgIpc) is 0.722. The maximum Gasteiger partial charge on any atom is 2.00 e. The van der Waals surface area contributed by atoms with Crippen LogP contribution in [0.2, 0.25) is 0 Å². The molecule has 0 aromatic heterocycles. The zero-order valence-electron chi connectivity index (χ0n) is 3.25. The van der Waals surface area contributed by atoms with E-state index in [4.69, 9.17) is 17.5 Å². The van der Waals surface area contributed by atoms with E-state index >= 15 is 0 Å². The summed E-state index contributed by atoms with van der Waals surface area (Å²) in [4.78, 5) is 0. The molecule has 0 rings (SSSR count). The molecule has 0 bridgehead atoms. The van der Waals surface area contributed by atoms with Gasteiger partial charge in [0.25, 0.3) is 0 Å². The van der Waals surface area contributed by atoms with Crippen molar-refractivity contribution in [1.82, 2.24) is 0 Å². The SMILES string of the molecule is O.O=S(=O)([O-])[O-].[Sr+2]. The van der Waals surface area contributed by atoms with Crippen molar-refractivity contribution in [2.75, 3.05) is 0 Å². The third-order valence-electron chi connectivity index (χ3n) is 0. The van der Waals surface area contributed by atoms with Crippen LogP contribution in [-0.4, -0.2) is 68.5 Å². The molecule has 0 amide bonds. The normalized spacial score (nSPS) is 8.29. The Labute approximate surface area is 77.9 Å². The van der Waals surface area contributed by atoms with Gasteiger partial charge >= 0.3 is 45.5 Å². The van der Waals surface area contributed by atoms with E-state index in [0.717, 1.165) is 0 Å². The van der Waals surface area contributed by atoms with E-state index in [-0.39, 0.29) is 51.0 Å². The van der Waals surface area contributed by atoms with Gasteiger partial charge in [-0.3, -0.25) is 8.42 Å². The zero-order chi connectivity index (χ0) is 4.50. The maximum absolute atomic E-state index is 8.52. The molecule has 0 unspecified atom stereocenters. The van der Waals surface area contributed by atoms with Gasteiger partial charge in [-0.05, 0) is 0 Å². The Bertz CT molecular complexity index is 91.2. The van der Waals surface area contributed by atoms with E-state index in [1.54, 1.807) is 0 Å². The molecule has 0 saturated carbocycles. The number of hydrogen-bond acceptors (Lipinski definition) is 4. The van der Waals surface area contributed by atoms with Crippen molar-refractivity contribution >= 4 is 55.9 Å². The quantitative estimate of drug-likeness (QED) is 0.244. The predicted octanol–water partition coefficient (Wildman–Crippen LogP) is -2.54. The third kappa shape index (κ3) is 120. The second kappa shape index (κ2) is 5.45. The minimum Gasteiger partial charge on any atom is -0.759 e. The van der Waals surface area contributed by atoms with Crippen molar-refractivity contribution in [3.05, 3.63) is 0 Å². The van der Waals surface area contributed by atoms with Gasteiger partial charge in [0, 0.05) is 10.4 Å². The largest absolute Gasteiger partial charge is 2.00 e. The Hall–Kier alpha value is 1.31. The molecule has 7 heavy (non-hydrogen) atoms. The molecule has 7 heteroatoms. The molecule has 0 aliphatic carbocycles. The summed E-state index contributed by atoms with van der Waals surface area (Å²) in [6.07, 6.45) is 0. The fourth-order valence-corrected chi connectivity index (χ4v) is 0. The van der Waals surface area contributed by atoms with Crippen molar-refractivity contribution in [2.24, 2.45) is 0 Å². The van der Waals surface area contributed by atoms with Crippen LogP contribution in [0.3, 0.4) is 0 Å². The van der Waals surface area contributed by atoms with Crippen LogP contribution in [-0.2, 0) is 10.4 Å². The van der Waals surface area contributed by atoms with Crippen molar-refractivity contribution in [3.63, 3.8) is 0 Å². The topological polar surface area (TPSA) is 112 Å². The van der Waals surface area contributed by atoms with Crippen LogP contribution in [0.15, 0.2) is 0 Å². The van der Waals surface area contributed by atoms with E-state index in [1.165, 1.54) is 0 Å². The Morgan fingerprint density at radius 3 is 1.14 bits per heavy atom. The van der Waals surface area contributed by atoms with Crippen LogP contribution in [0.4, 0.5) is 0 Å². The van der Waals surface area contributed by atoms with E-state index in [0.29, 0.717) is 0 Å². The Morgan fingerprint density at radius 1 is 1.14 bits per heavy atom. The van der Waals surface area contributed by atoms with Crippen LogP contribution in [0.5, 0.6) is 0 Å². The summed E-state index contributed by atoms with van der Waals surface area (Å²) in [7, 11) is -5.17. The van der Waals surface area contributed by atoms with Crippen molar-refractivity contribution in [3.8, 4) is 0 Å². The molecule has 2 N–H and O–H groups in total. The molecule has 0 saturated heterocycles. The zero-order valence-corrected chi connectivity index (χ0v) is 7.54. The van der Waals surface area contributed by atoms with Crippen LogP contribution >= 0.6 is 0 Å². The van der Waals surface area contributed by atoms with Gasteiger partial charge in [0.05, 0.1) is 0 Å². The standard InChI is InChI=1S/H2O4S.H2O.Sr/c1-5(2,3)4;;/h(H2,1,2,3,4);1H2;/q;;+2/p-2. The second-order valence-electron chi connectivity index (χ2n) is 0.408. The van der Waals surface area contributed by atoms with Gasteiger partial charge < -0.3 is 14.6 Å². The molecule has 0 fully saturated rings. The van der Waals surface area contributed by atoms with Crippen LogP contribution < -0.4 is 0 Å². The molecule has 0 aromatic carbocycles. The Balaban J connectivity index is -0.0000000800. The Kier molecular flexibility index (Phi) is 12.3. The monoisotopic (exact) mass is 202 g/mol. The summed E-state index contributed by atoms with van der Waals surface area (Å²) in [5.74, 6) is 0. The smallest absolute Gasteiger partial charge is 0.759 e. The van der Waals surface area contributed by atoms with Gasteiger partial charge in [-0.2, -0.15) is 0 Å². The first-order valence-electron chi connectivity index (χ1n) is 0.667. The molecule has 40 valence electrons. The summed E-state index contributed by atoms with van der Waals surface area (Å²) in [5.41, 5.74) is 0. The molecule has 0 radical (unpaired) electrons. The number of rotatable bonds is 0. The molecule has 0 aliphatic heterocycles. The molecule has 0 heterocycles. The minimum atomic E-state index is -5.17. The second-order valence-corrected chi connectivity index (χ2v) is 1.22. The van der Waals surface area contributed by atoms with Crippen molar-refractivity contribution < 1.29 is 23.0 Å². The molecule has 0 atom stereocenters. The summed E-state index contributed by atoms with van der Waals surface area (Å²) >= 11 is 0. The van der Waals surface area contributed by atoms with Gasteiger partial charge in [0.1, 0.15) is 0 Å². The van der Waals surface area contributed by atoms with Crippen molar-refractivity contribution in [1.29, 1.82) is 0 Å². The molecule has 0 spiro atoms. The summed E-state index contributed by atoms with van der Waals surface area (Å²) in [6, 6.07) is 0. The van der Waals surface area contributed by atoms with Crippen LogP contribution in [0.1, 0.15) is 0 Å². The van der Waals surface area contributed by atoms with E-state index in [2.05, 4.69) is 0 Å². The van der Waals surface area contributed by atoms with E-state index in [1.807, 2.05) is 0 Å². The molecule has 5 nitrogen and oxygen atoms in total. The maximum atomic E-state index is 8.52. The fraction of sp³-hybridized carbons (Fsp3) is 0. The first kappa shape index (κ1) is 15.7.